The molecule has 0 aliphatic carbocycles. The van der Waals surface area contributed by atoms with E-state index in [9.17, 15) is 25.9 Å². The Morgan fingerprint density at radius 1 is 0.375 bits per heavy atom. The molecule has 56 heavy (non-hydrogen) atoms. The van der Waals surface area contributed by atoms with Gasteiger partial charge in [0.15, 0.2) is 29.4 Å². The van der Waals surface area contributed by atoms with E-state index in [1.54, 1.807) is 0 Å². The Bertz CT molecular complexity index is 2060. The highest BCUT2D eigenvalue weighted by Crippen LogP contribution is 2.34. The molecule has 6 aromatic rings. The summed E-state index contributed by atoms with van der Waals surface area (Å²) >= 11 is 0. The van der Waals surface area contributed by atoms with Crippen molar-refractivity contribution in [2.75, 3.05) is 0 Å². The van der Waals surface area contributed by atoms with Crippen molar-refractivity contribution in [2.45, 2.75) is 93.3 Å². The zero-order valence-corrected chi connectivity index (χ0v) is 36.1. The first kappa shape index (κ1) is 44.6. The summed E-state index contributed by atoms with van der Waals surface area (Å²) in [7, 11) is -10.1. The van der Waals surface area contributed by atoms with Gasteiger partial charge in [-0.2, -0.15) is 0 Å². The first-order chi connectivity index (χ1) is 26.3. The Kier molecular flexibility index (Phi) is 15.4. The van der Waals surface area contributed by atoms with Gasteiger partial charge in [0, 0.05) is 0 Å². The minimum atomic E-state index is -5.01. The summed E-state index contributed by atoms with van der Waals surface area (Å²) in [5, 5.41) is 0. The van der Waals surface area contributed by atoms with E-state index in [0.29, 0.717) is 6.92 Å². The molecule has 0 saturated carbocycles. The largest absolute Gasteiger partial charge is 0.747 e. The second-order valence-corrected chi connectivity index (χ2v) is 22.7. The molecule has 294 valence electrons. The highest BCUT2D eigenvalue weighted by atomic mass is 32.3. The topological polar surface area (TPSA) is 114 Å². The zero-order valence-electron chi connectivity index (χ0n) is 32.8. The molecule has 6 nitrogen and oxygen atoms in total. The highest BCUT2D eigenvalue weighted by Gasteiger charge is 2.30. The lowest BCUT2D eigenvalue weighted by Gasteiger charge is -2.19. The number of benzene rings is 6. The quantitative estimate of drug-likeness (QED) is 0.111. The Labute approximate surface area is 340 Å². The Balaban J connectivity index is 0.000000202. The molecule has 0 radical (unpaired) electrons. The summed E-state index contributed by atoms with van der Waals surface area (Å²) < 4.78 is 56.7. The first-order valence-electron chi connectivity index (χ1n) is 18.1. The second-order valence-electron chi connectivity index (χ2n) is 15.0. The molecule has 0 atom stereocenters. The van der Waals surface area contributed by atoms with Gasteiger partial charge in [0.25, 0.3) is 0 Å². The van der Waals surface area contributed by atoms with E-state index in [4.69, 9.17) is 0 Å². The van der Waals surface area contributed by atoms with Gasteiger partial charge in [-0.05, 0) is 102 Å². The number of hydrogen-bond donors (Lipinski definition) is 0. The molecular formula is C46H50O6S4. The van der Waals surface area contributed by atoms with Crippen molar-refractivity contribution in [3.63, 3.8) is 0 Å². The fourth-order valence-corrected chi connectivity index (χ4v) is 10.7. The Hall–Kier alpha value is -4.16. The summed E-state index contributed by atoms with van der Waals surface area (Å²) in [5.41, 5.74) is 3.14. The standard InChI is InChI=1S/2C22H23S.C2H6O6S2/c2*1-22(2,3)18-14-16-21(17-15-18)23(19-10-6-4-7-11-19)20-12-8-5-9-13-20;1-2(9(3,4)5)10(6,7)8/h2*4-17H,1-3H3;2H,1H3,(H,3,4,5)(H,6,7,8)/q2*+1;/p-2. The minimum absolute atomic E-state index is 0.0497. The van der Waals surface area contributed by atoms with Crippen molar-refractivity contribution in [2.24, 2.45) is 0 Å². The molecule has 0 aliphatic rings. The van der Waals surface area contributed by atoms with Gasteiger partial charge < -0.3 is 9.11 Å². The van der Waals surface area contributed by atoms with Gasteiger partial charge >= 0.3 is 0 Å². The summed E-state index contributed by atoms with van der Waals surface area (Å²) in [6, 6.07) is 61.5. The average Bonchev–Trinajstić information content (AvgIpc) is 3.16. The van der Waals surface area contributed by atoms with E-state index in [1.807, 2.05) is 0 Å². The molecule has 0 amide bonds. The van der Waals surface area contributed by atoms with Gasteiger partial charge in [-0.15, -0.1) is 0 Å². The Morgan fingerprint density at radius 2 is 0.571 bits per heavy atom. The third-order valence-electron chi connectivity index (χ3n) is 8.64. The molecule has 6 aromatic carbocycles. The molecule has 0 fully saturated rings. The third kappa shape index (κ3) is 12.9. The van der Waals surface area contributed by atoms with Crippen LogP contribution in [0, 0.1) is 0 Å². The molecule has 0 unspecified atom stereocenters. The van der Waals surface area contributed by atoms with Crippen molar-refractivity contribution >= 4 is 42.0 Å². The van der Waals surface area contributed by atoms with Crippen LogP contribution in [0.1, 0.15) is 59.6 Å². The van der Waals surface area contributed by atoms with Crippen molar-refractivity contribution in [1.29, 1.82) is 0 Å². The monoisotopic (exact) mass is 826 g/mol. The van der Waals surface area contributed by atoms with Crippen LogP contribution in [0.2, 0.25) is 0 Å². The summed E-state index contributed by atoms with van der Waals surface area (Å²) in [4.78, 5) is 8.19. The zero-order chi connectivity index (χ0) is 41.1. The maximum absolute atomic E-state index is 9.84. The van der Waals surface area contributed by atoms with E-state index in [-0.39, 0.29) is 32.6 Å². The van der Waals surface area contributed by atoms with E-state index >= 15 is 0 Å². The fraction of sp³-hybridized carbons (Fsp3) is 0.217. The predicted octanol–water partition coefficient (Wildman–Crippen LogP) is 10.6. The molecule has 6 rings (SSSR count). The van der Waals surface area contributed by atoms with Gasteiger partial charge in [-0.3, -0.25) is 0 Å². The van der Waals surface area contributed by atoms with Crippen molar-refractivity contribution in [3.05, 3.63) is 181 Å². The van der Waals surface area contributed by atoms with Crippen LogP contribution >= 0.6 is 0 Å². The molecule has 0 bridgehead atoms. The van der Waals surface area contributed by atoms with Crippen molar-refractivity contribution in [1.82, 2.24) is 0 Å². The molecule has 0 aromatic heterocycles. The summed E-state index contributed by atoms with van der Waals surface area (Å²) in [6.07, 6.45) is 0. The normalized spacial score (nSPS) is 12.1. The summed E-state index contributed by atoms with van der Waals surface area (Å²) in [6.45, 7) is 14.1. The van der Waals surface area contributed by atoms with Crippen LogP contribution in [-0.4, -0.2) is 30.5 Å². The van der Waals surface area contributed by atoms with E-state index in [2.05, 4.69) is 211 Å². The van der Waals surface area contributed by atoms with Crippen LogP contribution in [-0.2, 0) is 52.9 Å². The molecule has 0 saturated heterocycles. The van der Waals surface area contributed by atoms with Crippen LogP contribution in [0.3, 0.4) is 0 Å². The van der Waals surface area contributed by atoms with Gasteiger partial charge in [-0.1, -0.05) is 139 Å². The second kappa shape index (κ2) is 19.3. The Morgan fingerprint density at radius 3 is 0.732 bits per heavy atom. The SMILES string of the molecule is CC(C)(C)c1ccc([S+](c2ccccc2)c2ccccc2)cc1.CC(C)(C)c1ccc([S+](c2ccccc2)c2ccccc2)cc1.CC(S(=O)(=O)[O-])S(=O)(=O)[O-]. The molecule has 10 heteroatoms. The third-order valence-corrected chi connectivity index (χ3v) is 16.1. The summed E-state index contributed by atoms with van der Waals surface area (Å²) in [5.74, 6) is 0. The van der Waals surface area contributed by atoms with Gasteiger partial charge in [0.1, 0.15) is 24.8 Å². The predicted molar refractivity (Wildman–Crippen MR) is 229 cm³/mol. The average molecular weight is 827 g/mol. The lowest BCUT2D eigenvalue weighted by molar-refractivity contribution is 0.438. The fourth-order valence-electron chi connectivity index (χ4n) is 5.37. The molecule has 0 heterocycles. The van der Waals surface area contributed by atoms with Gasteiger partial charge in [0.05, 0.1) is 21.8 Å². The molecule has 0 aliphatic heterocycles. The van der Waals surface area contributed by atoms with Crippen LogP contribution < -0.4 is 0 Å². The number of rotatable bonds is 8. The first-order valence-corrected chi connectivity index (χ1v) is 23.5. The van der Waals surface area contributed by atoms with Crippen LogP contribution in [0.4, 0.5) is 0 Å². The maximum atomic E-state index is 9.84. The number of hydrogen-bond acceptors (Lipinski definition) is 6. The van der Waals surface area contributed by atoms with Crippen LogP contribution in [0.15, 0.2) is 199 Å². The highest BCUT2D eigenvalue weighted by molar-refractivity contribution is 8.03. The van der Waals surface area contributed by atoms with Crippen molar-refractivity contribution in [3.8, 4) is 0 Å². The minimum Gasteiger partial charge on any atom is -0.747 e. The maximum Gasteiger partial charge on any atom is 0.166 e. The lowest BCUT2D eigenvalue weighted by Crippen LogP contribution is -2.26. The van der Waals surface area contributed by atoms with E-state index in [0.717, 1.165) is 0 Å². The van der Waals surface area contributed by atoms with E-state index < -0.39 is 24.8 Å². The van der Waals surface area contributed by atoms with Crippen molar-refractivity contribution < 1.29 is 25.9 Å². The smallest absolute Gasteiger partial charge is 0.166 e. The van der Waals surface area contributed by atoms with Gasteiger partial charge in [-0.25, -0.2) is 16.8 Å². The lowest BCUT2D eigenvalue weighted by atomic mass is 9.87. The molecule has 0 N–H and O–H groups in total. The van der Waals surface area contributed by atoms with Crippen LogP contribution in [0.25, 0.3) is 0 Å². The molecule has 0 spiro atoms. The van der Waals surface area contributed by atoms with Gasteiger partial charge in [0.2, 0.25) is 0 Å². The molecular weight excluding hydrogens is 777 g/mol. The van der Waals surface area contributed by atoms with Crippen LogP contribution in [0.5, 0.6) is 0 Å². The van der Waals surface area contributed by atoms with E-state index in [1.165, 1.54) is 40.5 Å².